The van der Waals surface area contributed by atoms with E-state index in [1.807, 2.05) is 42.5 Å². The average molecular weight is 274 g/mol. The molecular formula is C13H10N2OS2. The van der Waals surface area contributed by atoms with Gasteiger partial charge in [0.1, 0.15) is 0 Å². The number of benzene rings is 1. The summed E-state index contributed by atoms with van der Waals surface area (Å²) in [6, 6.07) is 13.6. The van der Waals surface area contributed by atoms with Crippen LogP contribution in [0.2, 0.25) is 0 Å². The van der Waals surface area contributed by atoms with E-state index in [4.69, 9.17) is 0 Å². The first-order valence-electron chi connectivity index (χ1n) is 5.47. The Bertz CT molecular complexity index is 661. The Hall–Kier alpha value is -1.59. The van der Waals surface area contributed by atoms with Crippen molar-refractivity contribution in [2.45, 2.75) is 10.1 Å². The molecule has 0 aliphatic carbocycles. The van der Waals surface area contributed by atoms with E-state index < -0.39 is 10.8 Å². The summed E-state index contributed by atoms with van der Waals surface area (Å²) in [4.78, 5) is 8.47. The van der Waals surface area contributed by atoms with Gasteiger partial charge in [0.15, 0.2) is 9.99 Å². The van der Waals surface area contributed by atoms with Crippen molar-refractivity contribution in [3.63, 3.8) is 0 Å². The minimum atomic E-state index is -1.10. The normalized spacial score (nSPS) is 12.7. The Morgan fingerprint density at radius 1 is 1.11 bits per heavy atom. The van der Waals surface area contributed by atoms with E-state index in [-0.39, 0.29) is 0 Å². The fraction of sp³-hybridized carbons (Fsp3) is 0.0769. The third-order valence-corrected chi connectivity index (χ3v) is 5.17. The molecule has 0 spiro atoms. The summed E-state index contributed by atoms with van der Waals surface area (Å²) in [5, 5.41) is 0. The van der Waals surface area contributed by atoms with Gasteiger partial charge < -0.3 is 0 Å². The number of nitrogens with zero attached hydrogens (tertiary/aromatic N) is 2. The van der Waals surface area contributed by atoms with Crippen LogP contribution in [-0.4, -0.2) is 14.2 Å². The molecule has 0 N–H and O–H groups in total. The van der Waals surface area contributed by atoms with E-state index in [2.05, 4.69) is 9.97 Å². The van der Waals surface area contributed by atoms with Crippen molar-refractivity contribution in [1.29, 1.82) is 0 Å². The molecule has 0 radical (unpaired) electrons. The molecule has 18 heavy (non-hydrogen) atoms. The van der Waals surface area contributed by atoms with E-state index in [1.165, 1.54) is 11.3 Å². The van der Waals surface area contributed by atoms with Gasteiger partial charge in [0.2, 0.25) is 0 Å². The van der Waals surface area contributed by atoms with Crippen molar-refractivity contribution in [1.82, 2.24) is 9.97 Å². The maximum atomic E-state index is 12.2. The number of pyridine rings is 1. The van der Waals surface area contributed by atoms with E-state index in [0.29, 0.717) is 15.7 Å². The summed E-state index contributed by atoms with van der Waals surface area (Å²) in [7, 11) is -1.10. The summed E-state index contributed by atoms with van der Waals surface area (Å²) in [6.45, 7) is 0. The molecule has 90 valence electrons. The van der Waals surface area contributed by atoms with Gasteiger partial charge in [-0.3, -0.25) is 4.21 Å². The number of fused-ring (bicyclic) bond motifs is 1. The molecule has 0 aliphatic rings. The molecule has 0 saturated carbocycles. The zero-order valence-corrected chi connectivity index (χ0v) is 11.1. The van der Waals surface area contributed by atoms with Crippen LogP contribution in [0.4, 0.5) is 0 Å². The second-order valence-corrected chi connectivity index (χ2v) is 6.44. The summed E-state index contributed by atoms with van der Waals surface area (Å²) in [5.41, 5.74) is 1.74. The zero-order chi connectivity index (χ0) is 12.4. The van der Waals surface area contributed by atoms with Crippen molar-refractivity contribution >= 4 is 32.5 Å². The van der Waals surface area contributed by atoms with E-state index in [0.717, 1.165) is 10.3 Å². The summed E-state index contributed by atoms with van der Waals surface area (Å²) >= 11 is 1.45. The molecule has 0 fully saturated rings. The molecular weight excluding hydrogens is 264 g/mol. The summed E-state index contributed by atoms with van der Waals surface area (Å²) in [6.07, 6.45) is 1.70. The molecule has 0 saturated heterocycles. The quantitative estimate of drug-likeness (QED) is 0.737. The second-order valence-electron chi connectivity index (χ2n) is 3.78. The highest BCUT2D eigenvalue weighted by atomic mass is 32.2. The highest BCUT2D eigenvalue weighted by Gasteiger charge is 2.11. The van der Waals surface area contributed by atoms with Crippen molar-refractivity contribution in [3.05, 3.63) is 54.2 Å². The standard InChI is InChI=1S/C13H10N2OS2/c16-18(9-10-5-2-1-3-6-10)13-15-12-11(17-13)7-4-8-14-12/h1-8H,9H2/t18-/m0/s1. The van der Waals surface area contributed by atoms with Gasteiger partial charge in [-0.1, -0.05) is 30.3 Å². The first kappa shape index (κ1) is 11.5. The predicted molar refractivity (Wildman–Crippen MR) is 74.0 cm³/mol. The number of hydrogen-bond acceptors (Lipinski definition) is 4. The lowest BCUT2D eigenvalue weighted by atomic mass is 10.2. The van der Waals surface area contributed by atoms with Crippen LogP contribution >= 0.6 is 11.3 Å². The Morgan fingerprint density at radius 3 is 2.72 bits per heavy atom. The zero-order valence-electron chi connectivity index (χ0n) is 9.45. The molecule has 3 aromatic rings. The van der Waals surface area contributed by atoms with E-state index in [1.54, 1.807) is 6.20 Å². The van der Waals surface area contributed by atoms with Crippen LogP contribution in [0.15, 0.2) is 53.0 Å². The maximum Gasteiger partial charge on any atom is 0.183 e. The minimum absolute atomic E-state index is 0.501. The smallest absolute Gasteiger partial charge is 0.183 e. The van der Waals surface area contributed by atoms with Crippen molar-refractivity contribution in [2.24, 2.45) is 0 Å². The topological polar surface area (TPSA) is 42.9 Å². The first-order chi connectivity index (χ1) is 8.83. The van der Waals surface area contributed by atoms with Crippen LogP contribution < -0.4 is 0 Å². The molecule has 1 atom stereocenters. The highest BCUT2D eigenvalue weighted by molar-refractivity contribution is 7.86. The van der Waals surface area contributed by atoms with Crippen LogP contribution in [0.5, 0.6) is 0 Å². The van der Waals surface area contributed by atoms with E-state index >= 15 is 0 Å². The lowest BCUT2D eigenvalue weighted by Gasteiger charge is -1.97. The SMILES string of the molecule is O=[S@@](Cc1ccccc1)c1nc2ncccc2s1. The lowest BCUT2D eigenvalue weighted by molar-refractivity contribution is 0.682. The third kappa shape index (κ3) is 2.32. The largest absolute Gasteiger partial charge is 0.252 e. The number of rotatable bonds is 3. The maximum absolute atomic E-state index is 12.2. The highest BCUT2D eigenvalue weighted by Crippen LogP contribution is 2.23. The Balaban J connectivity index is 1.88. The van der Waals surface area contributed by atoms with Gasteiger partial charge in [0, 0.05) is 6.20 Å². The molecule has 2 aromatic heterocycles. The van der Waals surface area contributed by atoms with Crippen LogP contribution in [0, 0.1) is 0 Å². The molecule has 0 bridgehead atoms. The van der Waals surface area contributed by atoms with E-state index in [9.17, 15) is 4.21 Å². The fourth-order valence-electron chi connectivity index (χ4n) is 1.63. The molecule has 0 amide bonds. The lowest BCUT2D eigenvalue weighted by Crippen LogP contribution is -1.95. The molecule has 3 nitrogen and oxygen atoms in total. The van der Waals surface area contributed by atoms with Gasteiger partial charge in [-0.15, -0.1) is 11.3 Å². The molecule has 5 heteroatoms. The van der Waals surface area contributed by atoms with Crippen molar-refractivity contribution in [3.8, 4) is 0 Å². The van der Waals surface area contributed by atoms with Crippen LogP contribution in [0.25, 0.3) is 10.3 Å². The number of hydrogen-bond donors (Lipinski definition) is 0. The molecule has 3 rings (SSSR count). The molecule has 0 aliphatic heterocycles. The van der Waals surface area contributed by atoms with Gasteiger partial charge in [0.05, 0.1) is 21.3 Å². The van der Waals surface area contributed by atoms with Gasteiger partial charge >= 0.3 is 0 Å². The number of thiazole rings is 1. The van der Waals surface area contributed by atoms with Gasteiger partial charge in [-0.2, -0.15) is 0 Å². The monoisotopic (exact) mass is 274 g/mol. The minimum Gasteiger partial charge on any atom is -0.252 e. The third-order valence-electron chi connectivity index (χ3n) is 2.48. The Morgan fingerprint density at radius 2 is 1.94 bits per heavy atom. The van der Waals surface area contributed by atoms with Crippen LogP contribution in [0.1, 0.15) is 5.56 Å². The Kier molecular flexibility index (Phi) is 3.17. The van der Waals surface area contributed by atoms with Crippen LogP contribution in [-0.2, 0) is 16.6 Å². The van der Waals surface area contributed by atoms with Gasteiger partial charge in [-0.25, -0.2) is 9.97 Å². The van der Waals surface area contributed by atoms with Crippen molar-refractivity contribution < 1.29 is 4.21 Å². The molecule has 0 unspecified atom stereocenters. The summed E-state index contributed by atoms with van der Waals surface area (Å²) in [5.74, 6) is 0.501. The van der Waals surface area contributed by atoms with Crippen LogP contribution in [0.3, 0.4) is 0 Å². The fourth-order valence-corrected chi connectivity index (χ4v) is 3.92. The van der Waals surface area contributed by atoms with Gasteiger partial charge in [0.25, 0.3) is 0 Å². The second kappa shape index (κ2) is 4.96. The number of aromatic nitrogens is 2. The Labute approximate surface area is 111 Å². The molecule has 1 aromatic carbocycles. The van der Waals surface area contributed by atoms with Gasteiger partial charge in [-0.05, 0) is 17.7 Å². The first-order valence-corrected chi connectivity index (χ1v) is 7.60. The predicted octanol–water partition coefficient (Wildman–Crippen LogP) is 3.00. The average Bonchev–Trinajstić information content (AvgIpc) is 2.84. The molecule has 2 heterocycles. The van der Waals surface area contributed by atoms with Crippen molar-refractivity contribution in [2.75, 3.05) is 0 Å². The summed E-state index contributed by atoms with van der Waals surface area (Å²) < 4.78 is 13.8.